The molecule has 0 heterocycles. The summed E-state index contributed by atoms with van der Waals surface area (Å²) in [6.07, 6.45) is 1.50. The van der Waals surface area contributed by atoms with Crippen molar-refractivity contribution in [1.82, 2.24) is 5.43 Å². The molecule has 0 saturated heterocycles. The van der Waals surface area contributed by atoms with Gasteiger partial charge in [-0.15, -0.1) is 0 Å². The molecule has 114 valence electrons. The lowest BCUT2D eigenvalue weighted by atomic mass is 10.1. The summed E-state index contributed by atoms with van der Waals surface area (Å²) in [5.74, 6) is 0.360. The predicted molar refractivity (Wildman–Crippen MR) is 88.6 cm³/mol. The van der Waals surface area contributed by atoms with E-state index in [1.807, 2.05) is 50.2 Å². The van der Waals surface area contributed by atoms with Gasteiger partial charge in [-0.05, 0) is 31.5 Å². The van der Waals surface area contributed by atoms with Crippen LogP contribution in [0.3, 0.4) is 0 Å². The Morgan fingerprint density at radius 3 is 2.77 bits per heavy atom. The highest BCUT2D eigenvalue weighted by Crippen LogP contribution is 2.18. The number of nitrogens with zero attached hydrogens (tertiary/aromatic N) is 1. The third-order valence-electron chi connectivity index (χ3n) is 2.99. The minimum atomic E-state index is -0.330. The van der Waals surface area contributed by atoms with E-state index in [4.69, 9.17) is 16.3 Å². The first-order valence-corrected chi connectivity index (χ1v) is 7.20. The third kappa shape index (κ3) is 4.60. The molecule has 0 atom stereocenters. The van der Waals surface area contributed by atoms with Gasteiger partial charge in [0.15, 0.2) is 6.61 Å². The van der Waals surface area contributed by atoms with Crippen molar-refractivity contribution in [3.05, 3.63) is 64.2 Å². The average molecular weight is 317 g/mol. The molecule has 2 rings (SSSR count). The topological polar surface area (TPSA) is 50.7 Å². The highest BCUT2D eigenvalue weighted by molar-refractivity contribution is 6.33. The van der Waals surface area contributed by atoms with Crippen LogP contribution in [0.25, 0.3) is 0 Å². The van der Waals surface area contributed by atoms with E-state index in [1.54, 1.807) is 6.07 Å². The van der Waals surface area contributed by atoms with E-state index in [1.165, 1.54) is 6.21 Å². The molecule has 0 fully saturated rings. The molecule has 0 spiro atoms. The van der Waals surface area contributed by atoms with Gasteiger partial charge in [0.05, 0.1) is 6.21 Å². The van der Waals surface area contributed by atoms with E-state index < -0.39 is 0 Å². The number of ether oxygens (including phenoxy) is 1. The maximum Gasteiger partial charge on any atom is 0.277 e. The number of hydrazone groups is 1. The Labute approximate surface area is 134 Å². The van der Waals surface area contributed by atoms with Crippen molar-refractivity contribution in [2.24, 2.45) is 5.10 Å². The van der Waals surface area contributed by atoms with Crippen LogP contribution in [-0.4, -0.2) is 18.7 Å². The summed E-state index contributed by atoms with van der Waals surface area (Å²) in [6.45, 7) is 3.85. The number of aryl methyl sites for hydroxylation is 2. The van der Waals surface area contributed by atoms with Crippen LogP contribution in [0, 0.1) is 13.8 Å². The molecule has 0 unspecified atom stereocenters. The summed E-state index contributed by atoms with van der Waals surface area (Å²) in [7, 11) is 0. The molecule has 1 N–H and O–H groups in total. The van der Waals surface area contributed by atoms with Gasteiger partial charge in [0.1, 0.15) is 5.75 Å². The molecule has 0 aliphatic heterocycles. The molecular weight excluding hydrogens is 300 g/mol. The number of benzene rings is 2. The van der Waals surface area contributed by atoms with Crippen LogP contribution >= 0.6 is 11.6 Å². The second-order valence-electron chi connectivity index (χ2n) is 4.87. The monoisotopic (exact) mass is 316 g/mol. The summed E-state index contributed by atoms with van der Waals surface area (Å²) in [4.78, 5) is 11.7. The van der Waals surface area contributed by atoms with Crippen molar-refractivity contribution >= 4 is 23.7 Å². The van der Waals surface area contributed by atoms with Crippen molar-refractivity contribution in [3.8, 4) is 5.75 Å². The van der Waals surface area contributed by atoms with Crippen LogP contribution in [0.2, 0.25) is 5.02 Å². The first-order valence-electron chi connectivity index (χ1n) is 6.83. The fraction of sp³-hybridized carbons (Fsp3) is 0.176. The molecule has 0 saturated carbocycles. The summed E-state index contributed by atoms with van der Waals surface area (Å²) in [5, 5.41) is 4.44. The van der Waals surface area contributed by atoms with Gasteiger partial charge < -0.3 is 4.74 Å². The van der Waals surface area contributed by atoms with Gasteiger partial charge in [-0.25, -0.2) is 5.43 Å². The Bertz CT molecular complexity index is 699. The average Bonchev–Trinajstić information content (AvgIpc) is 2.48. The van der Waals surface area contributed by atoms with Gasteiger partial charge in [0, 0.05) is 10.6 Å². The third-order valence-corrected chi connectivity index (χ3v) is 3.33. The Morgan fingerprint density at radius 2 is 2.05 bits per heavy atom. The van der Waals surface area contributed by atoms with E-state index in [2.05, 4.69) is 10.5 Å². The smallest absolute Gasteiger partial charge is 0.277 e. The summed E-state index contributed by atoms with van der Waals surface area (Å²) < 4.78 is 5.47. The van der Waals surface area contributed by atoms with Crippen molar-refractivity contribution in [2.45, 2.75) is 13.8 Å². The fourth-order valence-electron chi connectivity index (χ4n) is 1.89. The van der Waals surface area contributed by atoms with Crippen molar-refractivity contribution in [3.63, 3.8) is 0 Å². The van der Waals surface area contributed by atoms with Gasteiger partial charge in [0.25, 0.3) is 5.91 Å². The molecule has 4 nitrogen and oxygen atoms in total. The fourth-order valence-corrected chi connectivity index (χ4v) is 2.07. The van der Waals surface area contributed by atoms with Gasteiger partial charge in [0.2, 0.25) is 0 Å². The molecule has 0 radical (unpaired) electrons. The van der Waals surface area contributed by atoms with E-state index in [9.17, 15) is 4.79 Å². The number of amides is 1. The Morgan fingerprint density at radius 1 is 1.27 bits per heavy atom. The molecule has 2 aromatic carbocycles. The molecule has 0 aromatic heterocycles. The summed E-state index contributed by atoms with van der Waals surface area (Å²) in [6, 6.07) is 13.0. The Balaban J connectivity index is 1.84. The van der Waals surface area contributed by atoms with Crippen molar-refractivity contribution < 1.29 is 9.53 Å². The van der Waals surface area contributed by atoms with Crippen LogP contribution in [0.5, 0.6) is 5.75 Å². The Hall–Kier alpha value is -2.33. The molecule has 0 aliphatic carbocycles. The molecule has 5 heteroatoms. The predicted octanol–water partition coefficient (Wildman–Crippen LogP) is 3.49. The normalized spacial score (nSPS) is 10.7. The maximum absolute atomic E-state index is 11.7. The van der Waals surface area contributed by atoms with Crippen LogP contribution in [0.15, 0.2) is 47.6 Å². The second kappa shape index (κ2) is 7.61. The molecule has 1 amide bonds. The number of hydrogen-bond donors (Lipinski definition) is 1. The van der Waals surface area contributed by atoms with Gasteiger partial charge >= 0.3 is 0 Å². The lowest BCUT2D eigenvalue weighted by Gasteiger charge is -2.08. The van der Waals surface area contributed by atoms with Gasteiger partial charge in [-0.3, -0.25) is 4.79 Å². The summed E-state index contributed by atoms with van der Waals surface area (Å²) in [5.41, 5.74) is 5.29. The quantitative estimate of drug-likeness (QED) is 0.678. The lowest BCUT2D eigenvalue weighted by molar-refractivity contribution is -0.123. The second-order valence-corrected chi connectivity index (χ2v) is 5.28. The lowest BCUT2D eigenvalue weighted by Crippen LogP contribution is -2.24. The number of hydrogen-bond acceptors (Lipinski definition) is 3. The number of halogens is 1. The SMILES string of the molecule is Cc1ccc(OCC(=O)N/N=C\c2ccccc2Cl)c(C)c1. The zero-order valence-electron chi connectivity index (χ0n) is 12.5. The summed E-state index contributed by atoms with van der Waals surface area (Å²) >= 11 is 5.98. The van der Waals surface area contributed by atoms with E-state index in [-0.39, 0.29) is 12.5 Å². The zero-order chi connectivity index (χ0) is 15.9. The van der Waals surface area contributed by atoms with Crippen LogP contribution < -0.4 is 10.2 Å². The van der Waals surface area contributed by atoms with E-state index in [0.29, 0.717) is 10.8 Å². The molecule has 2 aromatic rings. The minimum absolute atomic E-state index is 0.0935. The maximum atomic E-state index is 11.7. The minimum Gasteiger partial charge on any atom is -0.483 e. The highest BCUT2D eigenvalue weighted by atomic mass is 35.5. The van der Waals surface area contributed by atoms with Crippen LogP contribution in [-0.2, 0) is 4.79 Å². The van der Waals surface area contributed by atoms with Crippen molar-refractivity contribution in [1.29, 1.82) is 0 Å². The standard InChI is InChI=1S/C17H17ClN2O2/c1-12-7-8-16(13(2)9-12)22-11-17(21)20-19-10-14-5-3-4-6-15(14)18/h3-10H,11H2,1-2H3,(H,20,21)/b19-10-. The molecule has 0 aliphatic rings. The number of carbonyl (C=O) groups is 1. The first-order chi connectivity index (χ1) is 10.6. The molecule has 22 heavy (non-hydrogen) atoms. The largest absolute Gasteiger partial charge is 0.483 e. The highest BCUT2D eigenvalue weighted by Gasteiger charge is 2.04. The van der Waals surface area contributed by atoms with Crippen LogP contribution in [0.4, 0.5) is 0 Å². The number of rotatable bonds is 5. The van der Waals surface area contributed by atoms with Gasteiger partial charge in [-0.2, -0.15) is 5.10 Å². The number of nitrogens with one attached hydrogen (secondary N) is 1. The van der Waals surface area contributed by atoms with Crippen LogP contribution in [0.1, 0.15) is 16.7 Å². The Kier molecular flexibility index (Phi) is 5.55. The van der Waals surface area contributed by atoms with Crippen molar-refractivity contribution in [2.75, 3.05) is 6.61 Å². The molecular formula is C17H17ClN2O2. The van der Waals surface area contributed by atoms with E-state index >= 15 is 0 Å². The van der Waals surface area contributed by atoms with Gasteiger partial charge in [-0.1, -0.05) is 47.5 Å². The number of carbonyl (C=O) groups excluding carboxylic acids is 1. The van der Waals surface area contributed by atoms with E-state index in [0.717, 1.165) is 16.7 Å². The zero-order valence-corrected chi connectivity index (χ0v) is 13.2. The molecule has 0 bridgehead atoms. The first kappa shape index (κ1) is 16.0.